The number of benzene rings is 3. The van der Waals surface area contributed by atoms with Crippen LogP contribution in [0.5, 0.6) is 0 Å². The number of carbonyl (C=O) groups is 3. The number of hydrogen-bond donors (Lipinski definition) is 0. The molecule has 0 aliphatic heterocycles. The van der Waals surface area contributed by atoms with Crippen LogP contribution in [-0.4, -0.2) is 24.5 Å². The summed E-state index contributed by atoms with van der Waals surface area (Å²) in [6, 6.07) is 21.6. The summed E-state index contributed by atoms with van der Waals surface area (Å²) in [6.45, 7) is 8.70. The van der Waals surface area contributed by atoms with Gasteiger partial charge in [0, 0.05) is 0 Å². The molecule has 0 radical (unpaired) electrons. The van der Waals surface area contributed by atoms with Crippen LogP contribution in [0.25, 0.3) is 0 Å². The second-order valence-corrected chi connectivity index (χ2v) is 10.2. The molecule has 3 aromatic carbocycles. The van der Waals surface area contributed by atoms with Gasteiger partial charge in [0.15, 0.2) is 0 Å². The van der Waals surface area contributed by atoms with E-state index in [1.807, 2.05) is 42.5 Å². The fraction of sp³-hybridized carbons (Fsp3) is 0.344. The lowest BCUT2D eigenvalue weighted by atomic mass is 9.87. The Morgan fingerprint density at radius 3 is 1.92 bits per heavy atom. The van der Waals surface area contributed by atoms with Crippen LogP contribution in [0.4, 0.5) is 0 Å². The average Bonchev–Trinajstić information content (AvgIpc) is 2.89. The number of esters is 3. The maximum absolute atomic E-state index is 12.6. The molecule has 0 heterocycles. The molecular formula is C32H36O5. The van der Waals surface area contributed by atoms with Crippen molar-refractivity contribution < 1.29 is 23.9 Å². The zero-order valence-corrected chi connectivity index (χ0v) is 22.2. The molecule has 0 fully saturated rings. The molecule has 0 N–H and O–H groups in total. The highest BCUT2D eigenvalue weighted by atomic mass is 16.6. The third kappa shape index (κ3) is 8.42. The van der Waals surface area contributed by atoms with Crippen molar-refractivity contribution in [1.82, 2.24) is 0 Å². The van der Waals surface area contributed by atoms with Crippen LogP contribution in [0.2, 0.25) is 0 Å². The Balaban J connectivity index is 1.47. The molecule has 5 heteroatoms. The predicted octanol–water partition coefficient (Wildman–Crippen LogP) is 7.11. The van der Waals surface area contributed by atoms with Crippen molar-refractivity contribution in [1.29, 1.82) is 0 Å². The van der Waals surface area contributed by atoms with Crippen molar-refractivity contribution in [2.24, 2.45) is 0 Å². The van der Waals surface area contributed by atoms with Gasteiger partial charge in [-0.25, -0.2) is 14.4 Å². The maximum Gasteiger partial charge on any atom is 0.346 e. The van der Waals surface area contributed by atoms with Crippen molar-refractivity contribution in [3.8, 4) is 0 Å². The Kier molecular flexibility index (Phi) is 9.78. The molecule has 0 aliphatic carbocycles. The first kappa shape index (κ1) is 27.9. The van der Waals surface area contributed by atoms with Crippen LogP contribution >= 0.6 is 0 Å². The van der Waals surface area contributed by atoms with Gasteiger partial charge in [-0.3, -0.25) is 0 Å². The van der Waals surface area contributed by atoms with E-state index in [9.17, 15) is 14.4 Å². The molecule has 37 heavy (non-hydrogen) atoms. The molecule has 0 atom stereocenters. The van der Waals surface area contributed by atoms with Gasteiger partial charge in [0.2, 0.25) is 0 Å². The van der Waals surface area contributed by atoms with Gasteiger partial charge in [-0.05, 0) is 84.2 Å². The summed E-state index contributed by atoms with van der Waals surface area (Å²) in [5.41, 5.74) is 4.35. The fourth-order valence-corrected chi connectivity index (χ4v) is 3.88. The van der Waals surface area contributed by atoms with E-state index in [0.717, 1.165) is 30.4 Å². The van der Waals surface area contributed by atoms with Gasteiger partial charge in [-0.1, -0.05) is 70.5 Å². The summed E-state index contributed by atoms with van der Waals surface area (Å²) in [4.78, 5) is 37.3. The minimum Gasteiger partial charge on any atom is -0.462 e. The molecule has 0 amide bonds. The predicted molar refractivity (Wildman–Crippen MR) is 145 cm³/mol. The summed E-state index contributed by atoms with van der Waals surface area (Å²) in [5, 5.41) is 0. The van der Waals surface area contributed by atoms with Gasteiger partial charge in [0.1, 0.15) is 0 Å². The molecular weight excluding hydrogens is 464 g/mol. The lowest BCUT2D eigenvalue weighted by Crippen LogP contribution is -2.14. The quantitative estimate of drug-likeness (QED) is 0.168. The molecule has 0 aromatic heterocycles. The monoisotopic (exact) mass is 500 g/mol. The highest BCUT2D eigenvalue weighted by Crippen LogP contribution is 2.22. The summed E-state index contributed by atoms with van der Waals surface area (Å²) >= 11 is 0. The molecule has 194 valence electrons. The van der Waals surface area contributed by atoms with E-state index in [4.69, 9.17) is 9.47 Å². The van der Waals surface area contributed by atoms with Crippen LogP contribution in [0, 0.1) is 0 Å². The SMILES string of the molecule is CCCCc1ccc(C(=O)OCCCc2cccc(C(=O)OC(=O)c3ccc(C(C)(C)C)cc3)c2)cc1. The maximum atomic E-state index is 12.6. The van der Waals surface area contributed by atoms with E-state index in [2.05, 4.69) is 27.7 Å². The lowest BCUT2D eigenvalue weighted by Gasteiger charge is -2.18. The number of aryl methyl sites for hydroxylation is 2. The van der Waals surface area contributed by atoms with Gasteiger partial charge < -0.3 is 9.47 Å². The fourth-order valence-electron chi connectivity index (χ4n) is 3.88. The molecule has 0 bridgehead atoms. The Morgan fingerprint density at radius 2 is 1.27 bits per heavy atom. The van der Waals surface area contributed by atoms with Gasteiger partial charge in [-0.15, -0.1) is 0 Å². The molecule has 0 aliphatic rings. The minimum absolute atomic E-state index is 0.0312. The zero-order valence-electron chi connectivity index (χ0n) is 22.2. The van der Waals surface area contributed by atoms with Gasteiger partial charge in [-0.2, -0.15) is 0 Å². The van der Waals surface area contributed by atoms with Gasteiger partial charge in [0.25, 0.3) is 0 Å². The summed E-state index contributed by atoms with van der Waals surface area (Å²) < 4.78 is 10.5. The van der Waals surface area contributed by atoms with E-state index in [1.54, 1.807) is 30.3 Å². The first-order valence-corrected chi connectivity index (χ1v) is 12.9. The van der Waals surface area contributed by atoms with Crippen molar-refractivity contribution in [3.05, 3.63) is 106 Å². The van der Waals surface area contributed by atoms with Crippen LogP contribution in [0.15, 0.2) is 72.8 Å². The van der Waals surface area contributed by atoms with Gasteiger partial charge in [0.05, 0.1) is 23.3 Å². The van der Waals surface area contributed by atoms with Crippen LogP contribution in [-0.2, 0) is 27.7 Å². The summed E-state index contributed by atoms with van der Waals surface area (Å²) in [6.07, 6.45) is 4.50. The second-order valence-electron chi connectivity index (χ2n) is 10.2. The Hall–Kier alpha value is -3.73. The van der Waals surface area contributed by atoms with Gasteiger partial charge >= 0.3 is 17.9 Å². The second kappa shape index (κ2) is 13.0. The van der Waals surface area contributed by atoms with Crippen molar-refractivity contribution in [2.45, 2.75) is 65.2 Å². The van der Waals surface area contributed by atoms with Crippen molar-refractivity contribution in [2.75, 3.05) is 6.61 Å². The summed E-state index contributed by atoms with van der Waals surface area (Å²) in [5.74, 6) is -1.71. The van der Waals surface area contributed by atoms with E-state index in [1.165, 1.54) is 5.56 Å². The zero-order chi connectivity index (χ0) is 26.8. The molecule has 0 unspecified atom stereocenters. The molecule has 5 nitrogen and oxygen atoms in total. The number of ether oxygens (including phenoxy) is 2. The highest BCUT2D eigenvalue weighted by molar-refractivity contribution is 6.02. The largest absolute Gasteiger partial charge is 0.462 e. The highest BCUT2D eigenvalue weighted by Gasteiger charge is 2.18. The standard InChI is InChI=1S/C32H36O5/c1-5-6-9-23-13-15-25(16-14-23)29(33)36-21-8-11-24-10-7-12-27(22-24)31(35)37-30(34)26-17-19-28(20-18-26)32(2,3)4/h7,10,12-20,22H,5-6,8-9,11,21H2,1-4H3. The first-order valence-electron chi connectivity index (χ1n) is 12.9. The van der Waals surface area contributed by atoms with Crippen LogP contribution in [0.1, 0.15) is 94.7 Å². The first-order chi connectivity index (χ1) is 17.7. The van der Waals surface area contributed by atoms with E-state index in [0.29, 0.717) is 29.5 Å². The average molecular weight is 501 g/mol. The smallest absolute Gasteiger partial charge is 0.346 e. The third-order valence-corrected chi connectivity index (χ3v) is 6.19. The molecule has 0 saturated heterocycles. The van der Waals surface area contributed by atoms with E-state index < -0.39 is 11.9 Å². The van der Waals surface area contributed by atoms with E-state index >= 15 is 0 Å². The number of carbonyl (C=O) groups excluding carboxylic acids is 3. The molecule has 3 aromatic rings. The summed E-state index contributed by atoms with van der Waals surface area (Å²) in [7, 11) is 0. The van der Waals surface area contributed by atoms with E-state index in [-0.39, 0.29) is 18.0 Å². The lowest BCUT2D eigenvalue weighted by molar-refractivity contribution is 0.0396. The Bertz CT molecular complexity index is 1200. The Morgan fingerprint density at radius 1 is 0.676 bits per heavy atom. The number of hydrogen-bond acceptors (Lipinski definition) is 5. The van der Waals surface area contributed by atoms with Crippen molar-refractivity contribution in [3.63, 3.8) is 0 Å². The Labute approximate surface area is 219 Å². The third-order valence-electron chi connectivity index (χ3n) is 6.19. The topological polar surface area (TPSA) is 69.7 Å². The normalized spacial score (nSPS) is 11.1. The molecule has 0 spiro atoms. The number of unbranched alkanes of at least 4 members (excludes halogenated alkanes) is 1. The molecule has 3 rings (SSSR count). The van der Waals surface area contributed by atoms with Crippen LogP contribution < -0.4 is 0 Å². The van der Waals surface area contributed by atoms with Crippen molar-refractivity contribution >= 4 is 17.9 Å². The molecule has 0 saturated carbocycles. The number of rotatable bonds is 10. The van der Waals surface area contributed by atoms with Crippen LogP contribution in [0.3, 0.4) is 0 Å². The minimum atomic E-state index is -0.694.